The number of aliphatic hydroxyl groups is 1. The van der Waals surface area contributed by atoms with Gasteiger partial charge in [-0.2, -0.15) is 4.31 Å². The standard InChI is InChI=1S/C42H59ClN4O13S/c1-26(22-29-16-17-30(43)31(23-29)56-7)14-13-15-33(57-8)42(53)25-32(58-40(52)45-42)27(2)38-41(4,60-38)34(24-35(48)44-5)59-39(51)28(3)46(6)61(54,55)21-12-10-9-11-20-47-36(49)18-19-37(47)50/h13-19,23,27-28,32-34,38,53H,9-12,20-22,24-25H2,1-8H3,(H,44,48)(H,45,52)/b15-13+,26-14+/t27-,28+,32+,33-,34+,38?,41+,42+/m1/s1. The quantitative estimate of drug-likeness (QED) is 0.0471. The van der Waals surface area contributed by atoms with Crippen molar-refractivity contribution in [2.75, 3.05) is 40.6 Å². The summed E-state index contributed by atoms with van der Waals surface area (Å²) in [6.07, 6.45) is 5.10. The topological polar surface area (TPSA) is 220 Å². The maximum absolute atomic E-state index is 13.5. The summed E-state index contributed by atoms with van der Waals surface area (Å²) in [7, 11) is 1.74. The van der Waals surface area contributed by atoms with E-state index in [4.69, 9.17) is 35.3 Å². The van der Waals surface area contributed by atoms with Crippen LogP contribution in [0.15, 0.2) is 54.2 Å². The zero-order valence-electron chi connectivity index (χ0n) is 36.0. The van der Waals surface area contributed by atoms with E-state index in [1.807, 2.05) is 25.1 Å². The lowest BCUT2D eigenvalue weighted by atomic mass is 9.83. The van der Waals surface area contributed by atoms with Crippen LogP contribution in [0.1, 0.15) is 71.8 Å². The molecular weight excluding hydrogens is 836 g/mol. The number of unbranched alkanes of at least 4 members (excludes halogenated alkanes) is 3. The molecule has 3 aliphatic rings. The highest BCUT2D eigenvalue weighted by Gasteiger charge is 2.64. The Hall–Kier alpha value is -4.33. The van der Waals surface area contributed by atoms with Crippen LogP contribution < -0.4 is 15.4 Å². The molecule has 3 N–H and O–H groups in total. The van der Waals surface area contributed by atoms with Crippen molar-refractivity contribution in [2.24, 2.45) is 5.92 Å². The number of hydrogen-bond acceptors (Lipinski definition) is 13. The van der Waals surface area contributed by atoms with Crippen molar-refractivity contribution in [1.29, 1.82) is 0 Å². The molecule has 0 saturated carbocycles. The Morgan fingerprint density at radius 3 is 2.44 bits per heavy atom. The zero-order chi connectivity index (χ0) is 45.3. The van der Waals surface area contributed by atoms with Crippen LogP contribution in [0.5, 0.6) is 5.75 Å². The minimum Gasteiger partial charge on any atom is -0.495 e. The number of halogens is 1. The predicted octanol–water partition coefficient (Wildman–Crippen LogP) is 3.57. The molecule has 2 saturated heterocycles. The summed E-state index contributed by atoms with van der Waals surface area (Å²) in [4.78, 5) is 63.7. The molecule has 19 heteroatoms. The number of epoxide rings is 1. The van der Waals surface area contributed by atoms with Gasteiger partial charge in [0, 0.05) is 52.2 Å². The maximum Gasteiger partial charge on any atom is 0.409 e. The van der Waals surface area contributed by atoms with Crippen molar-refractivity contribution in [1.82, 2.24) is 19.8 Å². The second-order valence-electron chi connectivity index (χ2n) is 15.9. The van der Waals surface area contributed by atoms with E-state index in [1.54, 1.807) is 39.2 Å². The van der Waals surface area contributed by atoms with Crippen molar-refractivity contribution in [3.63, 3.8) is 0 Å². The lowest BCUT2D eigenvalue weighted by molar-refractivity contribution is -0.157. The maximum atomic E-state index is 13.5. The van der Waals surface area contributed by atoms with Gasteiger partial charge in [0.05, 0.1) is 30.4 Å². The molecule has 1 unspecified atom stereocenters. The summed E-state index contributed by atoms with van der Waals surface area (Å²) in [6, 6.07) is 4.27. The van der Waals surface area contributed by atoms with Crippen molar-refractivity contribution in [3.8, 4) is 5.75 Å². The van der Waals surface area contributed by atoms with Crippen molar-refractivity contribution in [2.45, 2.75) is 114 Å². The Balaban J connectivity index is 1.36. The number of amides is 4. The van der Waals surface area contributed by atoms with Crippen molar-refractivity contribution >= 4 is 51.4 Å². The highest BCUT2D eigenvalue weighted by Crippen LogP contribution is 2.49. The van der Waals surface area contributed by atoms with E-state index in [-0.39, 0.29) is 43.4 Å². The number of rotatable bonds is 23. The Bertz CT molecular complexity index is 1980. The van der Waals surface area contributed by atoms with Gasteiger partial charge >= 0.3 is 12.1 Å². The van der Waals surface area contributed by atoms with Crippen LogP contribution in [0.3, 0.4) is 0 Å². The second kappa shape index (κ2) is 21.2. The van der Waals surface area contributed by atoms with Crippen LogP contribution in [-0.4, -0.2) is 135 Å². The van der Waals surface area contributed by atoms with E-state index in [1.165, 1.54) is 40.3 Å². The predicted molar refractivity (Wildman–Crippen MR) is 225 cm³/mol. The molecule has 0 bridgehead atoms. The lowest BCUT2D eigenvalue weighted by Crippen LogP contribution is -2.63. The van der Waals surface area contributed by atoms with E-state index in [9.17, 15) is 37.5 Å². The van der Waals surface area contributed by atoms with Crippen molar-refractivity contribution < 1.29 is 61.2 Å². The fourth-order valence-corrected chi connectivity index (χ4v) is 9.08. The molecule has 2 fully saturated rings. The molecule has 17 nitrogen and oxygen atoms in total. The smallest absolute Gasteiger partial charge is 0.409 e. The van der Waals surface area contributed by atoms with E-state index in [0.717, 1.165) is 20.3 Å². The van der Waals surface area contributed by atoms with Crippen LogP contribution in [0, 0.1) is 5.92 Å². The number of esters is 1. The largest absolute Gasteiger partial charge is 0.495 e. The molecule has 8 atom stereocenters. The van der Waals surface area contributed by atoms with Gasteiger partial charge in [0.1, 0.15) is 35.7 Å². The second-order valence-corrected chi connectivity index (χ2v) is 18.4. The Morgan fingerprint density at radius 2 is 1.80 bits per heavy atom. The molecular formula is C42H59ClN4O13S. The van der Waals surface area contributed by atoms with Crippen LogP contribution >= 0.6 is 11.6 Å². The average molecular weight is 895 g/mol. The number of ether oxygens (including phenoxy) is 5. The number of carbonyl (C=O) groups is 5. The molecule has 1 aromatic carbocycles. The highest BCUT2D eigenvalue weighted by atomic mass is 35.5. The van der Waals surface area contributed by atoms with E-state index in [0.29, 0.717) is 36.5 Å². The number of alkyl carbamates (subject to hydrolysis) is 1. The molecule has 0 spiro atoms. The first-order valence-corrected chi connectivity index (χ1v) is 22.2. The number of benzene rings is 1. The first-order chi connectivity index (χ1) is 28.7. The summed E-state index contributed by atoms with van der Waals surface area (Å²) in [5.41, 5.74) is -1.16. The third-order valence-corrected chi connectivity index (χ3v) is 13.7. The van der Waals surface area contributed by atoms with E-state index >= 15 is 0 Å². The Morgan fingerprint density at radius 1 is 1.13 bits per heavy atom. The molecule has 3 aliphatic heterocycles. The average Bonchev–Trinajstić information content (AvgIpc) is 3.81. The Labute approximate surface area is 362 Å². The summed E-state index contributed by atoms with van der Waals surface area (Å²) < 4.78 is 55.9. The summed E-state index contributed by atoms with van der Waals surface area (Å²) >= 11 is 6.16. The van der Waals surface area contributed by atoms with Gasteiger partial charge in [0.15, 0.2) is 5.72 Å². The van der Waals surface area contributed by atoms with Gasteiger partial charge in [0.2, 0.25) is 15.9 Å². The number of allylic oxidation sites excluding steroid dienone is 3. The van der Waals surface area contributed by atoms with Gasteiger partial charge in [-0.3, -0.25) is 29.4 Å². The van der Waals surface area contributed by atoms with Crippen LogP contribution in [0.4, 0.5) is 4.79 Å². The first-order valence-electron chi connectivity index (χ1n) is 20.2. The Kier molecular flexibility index (Phi) is 17.1. The van der Waals surface area contributed by atoms with Gasteiger partial charge in [-0.1, -0.05) is 61.2 Å². The van der Waals surface area contributed by atoms with E-state index in [2.05, 4.69) is 10.6 Å². The van der Waals surface area contributed by atoms with Gasteiger partial charge in [0.25, 0.3) is 11.8 Å². The molecule has 1 aromatic rings. The number of hydrogen-bond donors (Lipinski definition) is 3. The molecule has 0 aromatic heterocycles. The molecule has 3 heterocycles. The SMILES string of the molecule is CNC(=O)C[C@H](OC(=O)[C@H](C)N(C)S(=O)(=O)CCCCCCN1C(=O)C=CC1=O)[C@]1(C)OC1[C@H](C)[C@@H]1C[C@](O)([C@@H](/C=C/C=C(\C)Cc2ccc(Cl)c(OC)c2)OC)NC(=O)O1. The molecule has 0 radical (unpaired) electrons. The molecule has 338 valence electrons. The summed E-state index contributed by atoms with van der Waals surface area (Å²) in [5, 5.41) is 17.3. The monoisotopic (exact) mass is 894 g/mol. The number of nitrogens with one attached hydrogen (secondary N) is 2. The van der Waals surface area contributed by atoms with Crippen LogP contribution in [-0.2, 0) is 54.6 Å². The number of imide groups is 1. The lowest BCUT2D eigenvalue weighted by Gasteiger charge is -2.42. The van der Waals surface area contributed by atoms with Crippen molar-refractivity contribution in [3.05, 3.63) is 64.7 Å². The third-order valence-electron chi connectivity index (χ3n) is 11.4. The molecule has 61 heavy (non-hydrogen) atoms. The molecule has 0 aliphatic carbocycles. The normalized spacial score (nSPS) is 24.9. The number of likely N-dealkylation sites (N-methyl/N-ethyl adjacent to an activating group) is 1. The minimum atomic E-state index is -3.91. The zero-order valence-corrected chi connectivity index (χ0v) is 37.5. The first kappa shape index (κ1) is 49.3. The summed E-state index contributed by atoms with van der Waals surface area (Å²) in [6.45, 7) is 6.97. The minimum absolute atomic E-state index is 0.110. The number of sulfonamides is 1. The number of cyclic esters (lactones) is 1. The van der Waals surface area contributed by atoms with Crippen LogP contribution in [0.25, 0.3) is 0 Å². The fraction of sp³-hybridized carbons (Fsp3) is 0.595. The number of methoxy groups -OCH3 is 2. The van der Waals surface area contributed by atoms with Gasteiger partial charge in [-0.25, -0.2) is 13.2 Å². The summed E-state index contributed by atoms with van der Waals surface area (Å²) in [5.74, 6) is -2.35. The number of carbonyl (C=O) groups excluding carboxylic acids is 5. The van der Waals surface area contributed by atoms with Gasteiger partial charge in [-0.15, -0.1) is 0 Å². The van der Waals surface area contributed by atoms with Crippen LogP contribution in [0.2, 0.25) is 5.02 Å². The third kappa shape index (κ3) is 12.6. The highest BCUT2D eigenvalue weighted by molar-refractivity contribution is 7.89. The molecule has 4 rings (SSSR count). The van der Waals surface area contributed by atoms with Gasteiger partial charge in [-0.05, 0) is 57.7 Å². The van der Waals surface area contributed by atoms with Gasteiger partial charge < -0.3 is 34.1 Å². The number of nitrogens with zero attached hydrogens (tertiary/aromatic N) is 2. The molecule has 4 amide bonds. The fourth-order valence-electron chi connectivity index (χ4n) is 7.46. The van der Waals surface area contributed by atoms with E-state index < -0.39 is 75.7 Å².